The third-order valence-electron chi connectivity index (χ3n) is 5.49. The van der Waals surface area contributed by atoms with Gasteiger partial charge in [-0.2, -0.15) is 0 Å². The molecule has 0 aliphatic heterocycles. The molecule has 3 atom stereocenters. The summed E-state index contributed by atoms with van der Waals surface area (Å²) in [6.45, 7) is 7.67. The van der Waals surface area contributed by atoms with E-state index in [0.717, 1.165) is 11.3 Å². The number of rotatable bonds is 1. The Labute approximate surface area is 90.2 Å². The van der Waals surface area contributed by atoms with E-state index in [1.807, 2.05) is 0 Å². The predicted molar refractivity (Wildman–Crippen MR) is 60.5 cm³/mol. The van der Waals surface area contributed by atoms with Crippen molar-refractivity contribution < 1.29 is 0 Å². The fourth-order valence-electron chi connectivity index (χ4n) is 4.08. The van der Waals surface area contributed by atoms with Gasteiger partial charge in [-0.15, -0.1) is 0 Å². The Bertz CT molecular complexity index is 219. The average molecular weight is 286 g/mol. The van der Waals surface area contributed by atoms with Crippen LogP contribution < -0.4 is 0 Å². The Balaban J connectivity index is 2.33. The molecule has 0 heterocycles. The Morgan fingerprint density at radius 2 is 1.77 bits per heavy atom. The van der Waals surface area contributed by atoms with E-state index < -0.39 is 19.8 Å². The van der Waals surface area contributed by atoms with Crippen LogP contribution in [0.4, 0.5) is 0 Å². The van der Waals surface area contributed by atoms with Gasteiger partial charge in [0.2, 0.25) is 0 Å². The molecule has 0 nitrogen and oxygen atoms in total. The summed E-state index contributed by atoms with van der Waals surface area (Å²) in [6.07, 6.45) is 4.64. The second-order valence-corrected chi connectivity index (χ2v) is 14.4. The van der Waals surface area contributed by atoms with Crippen molar-refractivity contribution in [3.8, 4) is 0 Å². The second-order valence-electron chi connectivity index (χ2n) is 6.24. The first-order chi connectivity index (χ1) is 5.89. The molecule has 0 aromatic carbocycles. The first-order valence-electron chi connectivity index (χ1n) is 5.69. The molecule has 0 saturated heterocycles. The van der Waals surface area contributed by atoms with Crippen LogP contribution in [0, 0.1) is 16.7 Å². The van der Waals surface area contributed by atoms with Crippen LogP contribution in [0.25, 0.3) is 0 Å². The van der Waals surface area contributed by atoms with Gasteiger partial charge in [0.1, 0.15) is 0 Å². The zero-order valence-electron chi connectivity index (χ0n) is 9.78. The number of hydrogen-bond acceptors (Lipinski definition) is 0. The van der Waals surface area contributed by atoms with E-state index in [1.54, 1.807) is 6.42 Å². The monoisotopic (exact) mass is 287 g/mol. The molecule has 2 aliphatic rings. The molecule has 0 unspecified atom stereocenters. The molecule has 2 rings (SSSR count). The predicted octanol–water partition coefficient (Wildman–Crippen LogP) is 3.96. The van der Waals surface area contributed by atoms with Crippen molar-refractivity contribution in [3.63, 3.8) is 0 Å². The summed E-state index contributed by atoms with van der Waals surface area (Å²) in [7, 11) is 0. The standard InChI is InChI=1S/C10H17.2CH3.Sn/c1-9(2)8-4-6-10(9,3)7-5-8;;;/h6,8H,4-5,7H2,1-3H3;2*1H3;/t8-,10+;;;/m0.../s1. The Hall–Kier alpha value is 0.799. The minimum atomic E-state index is -0.959. The summed E-state index contributed by atoms with van der Waals surface area (Å²) in [4.78, 5) is 5.21. The maximum absolute atomic E-state index is 2.61. The summed E-state index contributed by atoms with van der Waals surface area (Å²) in [5, 5.41) is 0. The summed E-state index contributed by atoms with van der Waals surface area (Å²) in [6, 6.07) is 0. The van der Waals surface area contributed by atoms with Crippen molar-refractivity contribution in [1.29, 1.82) is 0 Å². The van der Waals surface area contributed by atoms with E-state index in [4.69, 9.17) is 0 Å². The fourth-order valence-corrected chi connectivity index (χ4v) is 11.3. The van der Waals surface area contributed by atoms with Gasteiger partial charge in [0, 0.05) is 0 Å². The number of fused-ring (bicyclic) bond motifs is 2. The second kappa shape index (κ2) is 2.90. The van der Waals surface area contributed by atoms with Gasteiger partial charge in [0.15, 0.2) is 0 Å². The van der Waals surface area contributed by atoms with E-state index in [1.165, 1.54) is 16.8 Å². The Morgan fingerprint density at radius 3 is 2.00 bits per heavy atom. The zero-order chi connectivity index (χ0) is 9.85. The molecule has 2 bridgehead atoms. The molecule has 0 spiro atoms. The first-order valence-corrected chi connectivity index (χ1v) is 13.1. The molecule has 75 valence electrons. The van der Waals surface area contributed by atoms with Crippen LogP contribution in [0.5, 0.6) is 0 Å². The van der Waals surface area contributed by atoms with Gasteiger partial charge in [-0.1, -0.05) is 0 Å². The fraction of sp³-hybridized carbons (Fsp3) is 1.00. The molecule has 13 heavy (non-hydrogen) atoms. The summed E-state index contributed by atoms with van der Waals surface area (Å²) in [5.74, 6) is 1.07. The van der Waals surface area contributed by atoms with Gasteiger partial charge in [-0.3, -0.25) is 0 Å². The van der Waals surface area contributed by atoms with E-state index in [9.17, 15) is 0 Å². The van der Waals surface area contributed by atoms with E-state index in [2.05, 4.69) is 30.7 Å². The van der Waals surface area contributed by atoms with Gasteiger partial charge >= 0.3 is 90.4 Å². The Kier molecular flexibility index (Phi) is 2.30. The molecular formula is C12H23Sn. The SMILES string of the molecule is [CH3][Sn]([CH3])[C@H]1C[C@H]2CC[C@]1(C)C2(C)C. The van der Waals surface area contributed by atoms with Gasteiger partial charge in [0.05, 0.1) is 0 Å². The number of hydrogen-bond donors (Lipinski definition) is 0. The van der Waals surface area contributed by atoms with E-state index >= 15 is 0 Å². The van der Waals surface area contributed by atoms with Gasteiger partial charge in [-0.25, -0.2) is 0 Å². The molecule has 1 heteroatoms. The summed E-state index contributed by atoms with van der Waals surface area (Å²) < 4.78 is 1.18. The van der Waals surface area contributed by atoms with Crippen LogP contribution in [0.2, 0.25) is 13.8 Å². The van der Waals surface area contributed by atoms with Crippen molar-refractivity contribution in [3.05, 3.63) is 0 Å². The topological polar surface area (TPSA) is 0 Å². The van der Waals surface area contributed by atoms with Gasteiger partial charge in [-0.05, 0) is 0 Å². The molecular weight excluding hydrogens is 263 g/mol. The van der Waals surface area contributed by atoms with E-state index in [0.29, 0.717) is 5.41 Å². The molecule has 2 fully saturated rings. The van der Waals surface area contributed by atoms with Gasteiger partial charge < -0.3 is 0 Å². The van der Waals surface area contributed by atoms with Crippen LogP contribution in [0.3, 0.4) is 0 Å². The average Bonchev–Trinajstić information content (AvgIpc) is 2.34. The molecule has 0 amide bonds. The minimum absolute atomic E-state index is 0.662. The Morgan fingerprint density at radius 1 is 1.15 bits per heavy atom. The van der Waals surface area contributed by atoms with Crippen LogP contribution in [-0.2, 0) is 0 Å². The zero-order valence-corrected chi connectivity index (χ0v) is 12.6. The van der Waals surface area contributed by atoms with Crippen molar-refractivity contribution in [2.45, 2.75) is 53.8 Å². The molecule has 1 radical (unpaired) electrons. The molecule has 0 N–H and O–H groups in total. The molecule has 0 aromatic rings. The molecule has 0 aromatic heterocycles. The van der Waals surface area contributed by atoms with Crippen LogP contribution >= 0.6 is 0 Å². The van der Waals surface area contributed by atoms with Crippen LogP contribution in [-0.4, -0.2) is 19.8 Å². The molecule has 2 aliphatic carbocycles. The van der Waals surface area contributed by atoms with Crippen LogP contribution in [0.15, 0.2) is 0 Å². The molecule has 2 saturated carbocycles. The van der Waals surface area contributed by atoms with Crippen molar-refractivity contribution in [2.24, 2.45) is 16.7 Å². The van der Waals surface area contributed by atoms with Crippen molar-refractivity contribution >= 4 is 19.8 Å². The van der Waals surface area contributed by atoms with Crippen molar-refractivity contribution in [2.75, 3.05) is 0 Å². The third kappa shape index (κ3) is 1.16. The van der Waals surface area contributed by atoms with Crippen molar-refractivity contribution in [1.82, 2.24) is 0 Å². The van der Waals surface area contributed by atoms with E-state index in [-0.39, 0.29) is 0 Å². The quantitative estimate of drug-likeness (QED) is 0.640. The normalized spacial score (nSPS) is 47.5. The van der Waals surface area contributed by atoms with Gasteiger partial charge in [0.25, 0.3) is 0 Å². The summed E-state index contributed by atoms with van der Waals surface area (Å²) >= 11 is -0.959. The maximum atomic E-state index is 2.61. The third-order valence-corrected chi connectivity index (χ3v) is 12.0. The van der Waals surface area contributed by atoms with Crippen LogP contribution in [0.1, 0.15) is 40.0 Å². The summed E-state index contributed by atoms with van der Waals surface area (Å²) in [5.41, 5.74) is 1.39. The first kappa shape index (κ1) is 10.3.